The third-order valence-corrected chi connectivity index (χ3v) is 5.70. The van der Waals surface area contributed by atoms with Crippen LogP contribution < -0.4 is 5.73 Å². The molecule has 4 rings (SSSR count). The Balaban J connectivity index is 1.49. The molecule has 0 aliphatic heterocycles. The fourth-order valence-corrected chi connectivity index (χ4v) is 5.00. The molecule has 3 heteroatoms. The Bertz CT molecular complexity index is 436. The van der Waals surface area contributed by atoms with Crippen LogP contribution in [0.3, 0.4) is 0 Å². The van der Waals surface area contributed by atoms with Gasteiger partial charge in [-0.05, 0) is 55.3 Å². The largest absolute Gasteiger partial charge is 0.324 e. The number of aromatic nitrogens is 2. The van der Waals surface area contributed by atoms with Crippen LogP contribution >= 0.6 is 0 Å². The molecule has 1 aromatic heterocycles. The summed E-state index contributed by atoms with van der Waals surface area (Å²) in [7, 11) is 0. The molecule has 3 nitrogen and oxygen atoms in total. The van der Waals surface area contributed by atoms with Crippen molar-refractivity contribution in [3.63, 3.8) is 0 Å². The summed E-state index contributed by atoms with van der Waals surface area (Å²) in [6.07, 6.45) is 9.76. The fraction of sp³-hybridized carbons (Fsp3) is 0.800. The predicted octanol–water partition coefficient (Wildman–Crippen LogP) is 2.59. The van der Waals surface area contributed by atoms with Gasteiger partial charge in [-0.1, -0.05) is 6.92 Å². The van der Waals surface area contributed by atoms with Crippen molar-refractivity contribution in [1.29, 1.82) is 0 Å². The minimum atomic E-state index is 0.244. The lowest BCUT2D eigenvalue weighted by Gasteiger charge is -2.14. The molecule has 5 unspecified atom stereocenters. The first kappa shape index (κ1) is 11.0. The monoisotopic (exact) mass is 245 g/mol. The number of rotatable bonds is 4. The average molecular weight is 245 g/mol. The number of hydrogen-bond donors (Lipinski definition) is 1. The van der Waals surface area contributed by atoms with Crippen LogP contribution in [0.1, 0.15) is 44.2 Å². The van der Waals surface area contributed by atoms with Gasteiger partial charge in [-0.15, -0.1) is 0 Å². The van der Waals surface area contributed by atoms with E-state index >= 15 is 0 Å². The average Bonchev–Trinajstić information content (AvgIpc) is 2.76. The van der Waals surface area contributed by atoms with Crippen LogP contribution in [0.4, 0.5) is 0 Å². The summed E-state index contributed by atoms with van der Waals surface area (Å²) in [5.41, 5.74) is 7.76. The van der Waals surface area contributed by atoms with Crippen LogP contribution in [-0.4, -0.2) is 9.78 Å². The van der Waals surface area contributed by atoms with E-state index in [1.54, 1.807) is 0 Å². The molecule has 3 aliphatic rings. The van der Waals surface area contributed by atoms with Gasteiger partial charge in [-0.3, -0.25) is 4.68 Å². The van der Waals surface area contributed by atoms with E-state index in [0.29, 0.717) is 0 Å². The van der Waals surface area contributed by atoms with Crippen LogP contribution in [-0.2, 0) is 6.54 Å². The van der Waals surface area contributed by atoms with Gasteiger partial charge in [0.25, 0.3) is 0 Å². The first-order valence-electron chi connectivity index (χ1n) is 7.57. The molecular formula is C15H23N3. The van der Waals surface area contributed by atoms with E-state index in [-0.39, 0.29) is 6.04 Å². The zero-order valence-corrected chi connectivity index (χ0v) is 11.1. The Morgan fingerprint density at radius 3 is 2.78 bits per heavy atom. The zero-order chi connectivity index (χ0) is 12.3. The van der Waals surface area contributed by atoms with Gasteiger partial charge in [-0.25, -0.2) is 0 Å². The second kappa shape index (κ2) is 3.83. The highest BCUT2D eigenvalue weighted by molar-refractivity contribution is 5.22. The quantitative estimate of drug-likeness (QED) is 0.886. The van der Waals surface area contributed by atoms with E-state index in [1.807, 2.05) is 10.9 Å². The van der Waals surface area contributed by atoms with Gasteiger partial charge in [0, 0.05) is 24.3 Å². The van der Waals surface area contributed by atoms with Crippen LogP contribution in [0.15, 0.2) is 12.4 Å². The van der Waals surface area contributed by atoms with Gasteiger partial charge in [-0.2, -0.15) is 5.10 Å². The van der Waals surface area contributed by atoms with E-state index in [2.05, 4.69) is 18.2 Å². The van der Waals surface area contributed by atoms with Crippen LogP contribution in [0, 0.1) is 29.6 Å². The molecule has 3 saturated carbocycles. The van der Waals surface area contributed by atoms with E-state index in [0.717, 1.165) is 42.6 Å². The van der Waals surface area contributed by atoms with Crippen molar-refractivity contribution >= 4 is 0 Å². The van der Waals surface area contributed by atoms with Crippen molar-refractivity contribution in [3.05, 3.63) is 18.0 Å². The summed E-state index contributed by atoms with van der Waals surface area (Å²) < 4.78 is 2.04. The standard InChI is InChI=1S/C15H23N3/c1-2-5-18-8-11(7-17-18)15(16)14-12-9-3-4-10(6-9)13(12)14/h7-10,12-15H,2-6,16H2,1H3. The first-order valence-corrected chi connectivity index (χ1v) is 7.57. The molecule has 98 valence electrons. The molecule has 1 aromatic rings. The summed E-state index contributed by atoms with van der Waals surface area (Å²) in [5, 5.41) is 4.42. The van der Waals surface area contributed by atoms with Crippen LogP contribution in [0.25, 0.3) is 0 Å². The Kier molecular flexibility index (Phi) is 2.35. The lowest BCUT2D eigenvalue weighted by molar-refractivity contribution is 0.417. The number of nitrogens with zero attached hydrogens (tertiary/aromatic N) is 2. The van der Waals surface area contributed by atoms with E-state index < -0.39 is 0 Å². The van der Waals surface area contributed by atoms with E-state index in [9.17, 15) is 0 Å². The fourth-order valence-electron chi connectivity index (χ4n) is 5.00. The molecule has 1 heterocycles. The minimum absolute atomic E-state index is 0.244. The van der Waals surface area contributed by atoms with Gasteiger partial charge in [0.05, 0.1) is 6.20 Å². The molecule has 5 atom stereocenters. The first-order chi connectivity index (χ1) is 8.79. The predicted molar refractivity (Wildman–Crippen MR) is 70.7 cm³/mol. The normalized spacial score (nSPS) is 42.0. The number of hydrogen-bond acceptors (Lipinski definition) is 2. The lowest BCUT2D eigenvalue weighted by Crippen LogP contribution is -2.17. The molecular weight excluding hydrogens is 222 g/mol. The molecule has 18 heavy (non-hydrogen) atoms. The van der Waals surface area contributed by atoms with Crippen LogP contribution in [0.2, 0.25) is 0 Å². The summed E-state index contributed by atoms with van der Waals surface area (Å²) in [6, 6.07) is 0.244. The highest BCUT2D eigenvalue weighted by Gasteiger charge is 2.66. The topological polar surface area (TPSA) is 43.8 Å². The Morgan fingerprint density at radius 2 is 2.11 bits per heavy atom. The second-order valence-corrected chi connectivity index (χ2v) is 6.63. The van der Waals surface area contributed by atoms with Gasteiger partial charge >= 0.3 is 0 Å². The molecule has 0 aromatic carbocycles. The maximum atomic E-state index is 6.50. The highest BCUT2D eigenvalue weighted by atomic mass is 15.3. The smallest absolute Gasteiger partial charge is 0.0537 e. The molecule has 2 bridgehead atoms. The molecule has 0 radical (unpaired) electrons. The maximum Gasteiger partial charge on any atom is 0.0537 e. The Hall–Kier alpha value is -0.830. The summed E-state index contributed by atoms with van der Waals surface area (Å²) in [5.74, 6) is 4.74. The van der Waals surface area contributed by atoms with Crippen molar-refractivity contribution < 1.29 is 0 Å². The van der Waals surface area contributed by atoms with Crippen molar-refractivity contribution in [2.75, 3.05) is 0 Å². The van der Waals surface area contributed by atoms with E-state index in [4.69, 9.17) is 5.73 Å². The zero-order valence-electron chi connectivity index (χ0n) is 11.1. The molecule has 0 spiro atoms. The SMILES string of the molecule is CCCn1cc(C(N)C2C3C4CCC(C4)C32)cn1. The summed E-state index contributed by atoms with van der Waals surface area (Å²) in [6.45, 7) is 3.19. The third-order valence-electron chi connectivity index (χ3n) is 5.70. The third kappa shape index (κ3) is 1.43. The van der Waals surface area contributed by atoms with Gasteiger partial charge in [0.15, 0.2) is 0 Å². The van der Waals surface area contributed by atoms with Crippen molar-refractivity contribution in [3.8, 4) is 0 Å². The number of nitrogens with two attached hydrogens (primary N) is 1. The van der Waals surface area contributed by atoms with Crippen molar-refractivity contribution in [1.82, 2.24) is 9.78 Å². The molecule has 0 amide bonds. The maximum absolute atomic E-state index is 6.50. The second-order valence-electron chi connectivity index (χ2n) is 6.63. The van der Waals surface area contributed by atoms with Crippen molar-refractivity contribution in [2.24, 2.45) is 35.3 Å². The Labute approximate surface area is 109 Å². The summed E-state index contributed by atoms with van der Waals surface area (Å²) >= 11 is 0. The van der Waals surface area contributed by atoms with Gasteiger partial charge in [0.2, 0.25) is 0 Å². The van der Waals surface area contributed by atoms with Gasteiger partial charge in [0.1, 0.15) is 0 Å². The highest BCUT2D eigenvalue weighted by Crippen LogP contribution is 2.71. The lowest BCUT2D eigenvalue weighted by atomic mass is 9.95. The number of aryl methyl sites for hydroxylation is 1. The van der Waals surface area contributed by atoms with Crippen molar-refractivity contribution in [2.45, 2.75) is 45.2 Å². The van der Waals surface area contributed by atoms with Crippen LogP contribution in [0.5, 0.6) is 0 Å². The van der Waals surface area contributed by atoms with Gasteiger partial charge < -0.3 is 5.73 Å². The molecule has 2 N–H and O–H groups in total. The minimum Gasteiger partial charge on any atom is -0.324 e. The van der Waals surface area contributed by atoms with E-state index in [1.165, 1.54) is 24.8 Å². The number of fused-ring (bicyclic) bond motifs is 5. The molecule has 3 fully saturated rings. The summed E-state index contributed by atoms with van der Waals surface area (Å²) in [4.78, 5) is 0. The molecule has 3 aliphatic carbocycles. The molecule has 0 saturated heterocycles. The Morgan fingerprint density at radius 1 is 1.39 bits per heavy atom.